The van der Waals surface area contributed by atoms with Crippen molar-refractivity contribution in [1.82, 2.24) is 0 Å². The fraction of sp³-hybridized carbons (Fsp3) is 0.0741. The standard InChI is InChI=1S/C27H20O3/c1-2-29-27(28)21-17-23-26(20-15-9-10-16-22(20)30-23)25(19-13-7-4-8-14-19)24(21)18-11-5-3-6-12-18/h3-17H,2H2,1H3. The smallest absolute Gasteiger partial charge is 0.338 e. The number of carbonyl (C=O) groups excluding carboxylic acids is 1. The molecular weight excluding hydrogens is 372 g/mol. The van der Waals surface area contributed by atoms with Crippen LogP contribution in [0.3, 0.4) is 0 Å². The topological polar surface area (TPSA) is 39.4 Å². The van der Waals surface area contributed by atoms with Crippen LogP contribution in [0.5, 0.6) is 0 Å². The average molecular weight is 392 g/mol. The van der Waals surface area contributed by atoms with E-state index in [0.717, 1.165) is 38.6 Å². The van der Waals surface area contributed by atoms with Crippen molar-refractivity contribution in [3.05, 3.63) is 96.6 Å². The number of ether oxygens (including phenoxy) is 1. The fourth-order valence-electron chi connectivity index (χ4n) is 4.05. The predicted octanol–water partition coefficient (Wildman–Crippen LogP) is 7.10. The van der Waals surface area contributed by atoms with Gasteiger partial charge >= 0.3 is 5.97 Å². The third-order valence-corrected chi connectivity index (χ3v) is 5.29. The summed E-state index contributed by atoms with van der Waals surface area (Å²) in [7, 11) is 0. The predicted molar refractivity (Wildman–Crippen MR) is 121 cm³/mol. The molecule has 5 rings (SSSR count). The number of esters is 1. The zero-order valence-electron chi connectivity index (χ0n) is 16.6. The lowest BCUT2D eigenvalue weighted by Crippen LogP contribution is -2.07. The van der Waals surface area contributed by atoms with Crippen LogP contribution in [-0.4, -0.2) is 12.6 Å². The van der Waals surface area contributed by atoms with Gasteiger partial charge in [0.2, 0.25) is 0 Å². The Hall–Kier alpha value is -3.85. The molecule has 0 aliphatic carbocycles. The molecule has 0 atom stereocenters. The zero-order chi connectivity index (χ0) is 20.5. The van der Waals surface area contributed by atoms with E-state index < -0.39 is 0 Å². The summed E-state index contributed by atoms with van der Waals surface area (Å²) in [5.41, 5.74) is 5.81. The molecule has 4 aromatic carbocycles. The Balaban J connectivity index is 2.00. The van der Waals surface area contributed by atoms with E-state index in [1.54, 1.807) is 0 Å². The van der Waals surface area contributed by atoms with Gasteiger partial charge in [-0.25, -0.2) is 4.79 Å². The van der Waals surface area contributed by atoms with Gasteiger partial charge in [0.15, 0.2) is 0 Å². The van der Waals surface area contributed by atoms with Crippen LogP contribution in [0, 0.1) is 0 Å². The minimum Gasteiger partial charge on any atom is -0.462 e. The minimum atomic E-state index is -0.351. The van der Waals surface area contributed by atoms with Gasteiger partial charge in [-0.1, -0.05) is 78.9 Å². The molecule has 30 heavy (non-hydrogen) atoms. The van der Waals surface area contributed by atoms with Gasteiger partial charge in [-0.15, -0.1) is 0 Å². The number of para-hydroxylation sites is 1. The molecule has 0 aliphatic rings. The van der Waals surface area contributed by atoms with Crippen LogP contribution in [0.15, 0.2) is 95.4 Å². The van der Waals surface area contributed by atoms with Crippen LogP contribution in [0.1, 0.15) is 17.3 Å². The Labute approximate surface area is 174 Å². The molecule has 0 spiro atoms. The summed E-state index contributed by atoms with van der Waals surface area (Å²) in [5, 5.41) is 2.03. The van der Waals surface area contributed by atoms with Crippen molar-refractivity contribution in [2.75, 3.05) is 6.61 Å². The molecule has 0 radical (unpaired) electrons. The van der Waals surface area contributed by atoms with Crippen molar-refractivity contribution in [2.24, 2.45) is 0 Å². The van der Waals surface area contributed by atoms with E-state index in [2.05, 4.69) is 18.2 Å². The molecule has 0 bridgehead atoms. The van der Waals surface area contributed by atoms with Crippen LogP contribution in [0.4, 0.5) is 0 Å². The molecule has 0 N–H and O–H groups in total. The van der Waals surface area contributed by atoms with Crippen molar-refractivity contribution >= 4 is 27.9 Å². The Morgan fingerprint density at radius 2 is 1.37 bits per heavy atom. The van der Waals surface area contributed by atoms with E-state index in [0.29, 0.717) is 17.8 Å². The average Bonchev–Trinajstić information content (AvgIpc) is 3.17. The molecule has 0 fully saturated rings. The second-order valence-electron chi connectivity index (χ2n) is 7.10. The van der Waals surface area contributed by atoms with Crippen molar-refractivity contribution in [3.63, 3.8) is 0 Å². The molecule has 0 aliphatic heterocycles. The number of rotatable bonds is 4. The molecule has 0 saturated carbocycles. The summed E-state index contributed by atoms with van der Waals surface area (Å²) in [6, 6.07) is 29.9. The highest BCUT2D eigenvalue weighted by atomic mass is 16.5. The van der Waals surface area contributed by atoms with E-state index in [-0.39, 0.29) is 5.97 Å². The molecule has 1 aromatic heterocycles. The minimum absolute atomic E-state index is 0.311. The lowest BCUT2D eigenvalue weighted by Gasteiger charge is -2.16. The number of carbonyl (C=O) groups is 1. The second-order valence-corrected chi connectivity index (χ2v) is 7.10. The van der Waals surface area contributed by atoms with Crippen LogP contribution in [-0.2, 0) is 4.74 Å². The first kappa shape index (κ1) is 18.2. The first-order valence-corrected chi connectivity index (χ1v) is 10.0. The first-order chi connectivity index (χ1) is 14.8. The quantitative estimate of drug-likeness (QED) is 0.306. The molecule has 3 heteroatoms. The van der Waals surface area contributed by atoms with Gasteiger partial charge in [0, 0.05) is 21.9 Å². The van der Waals surface area contributed by atoms with E-state index in [9.17, 15) is 4.79 Å². The van der Waals surface area contributed by atoms with Gasteiger partial charge < -0.3 is 9.15 Å². The van der Waals surface area contributed by atoms with Crippen molar-refractivity contribution in [3.8, 4) is 22.3 Å². The van der Waals surface area contributed by atoms with E-state index in [1.165, 1.54) is 0 Å². The molecule has 0 unspecified atom stereocenters. The number of furan rings is 1. The molecule has 1 heterocycles. The van der Waals surface area contributed by atoms with Gasteiger partial charge in [0.25, 0.3) is 0 Å². The van der Waals surface area contributed by atoms with Crippen LogP contribution in [0.2, 0.25) is 0 Å². The summed E-state index contributed by atoms with van der Waals surface area (Å²) < 4.78 is 11.6. The Morgan fingerprint density at radius 1 is 0.767 bits per heavy atom. The third kappa shape index (κ3) is 2.96. The SMILES string of the molecule is CCOC(=O)c1cc2oc3ccccc3c2c(-c2ccccc2)c1-c1ccccc1. The number of benzene rings is 4. The second kappa shape index (κ2) is 7.53. The summed E-state index contributed by atoms with van der Waals surface area (Å²) in [6.45, 7) is 2.13. The van der Waals surface area contributed by atoms with Crippen LogP contribution >= 0.6 is 0 Å². The molecule has 0 saturated heterocycles. The molecule has 3 nitrogen and oxygen atoms in total. The number of hydrogen-bond acceptors (Lipinski definition) is 3. The van der Waals surface area contributed by atoms with E-state index in [4.69, 9.17) is 9.15 Å². The summed E-state index contributed by atoms with van der Waals surface area (Å²) in [5.74, 6) is -0.351. The summed E-state index contributed by atoms with van der Waals surface area (Å²) in [6.07, 6.45) is 0. The van der Waals surface area contributed by atoms with Gasteiger partial charge in [0.1, 0.15) is 11.2 Å². The maximum Gasteiger partial charge on any atom is 0.338 e. The molecular formula is C27H20O3. The highest BCUT2D eigenvalue weighted by Crippen LogP contribution is 2.44. The molecule has 146 valence electrons. The maximum atomic E-state index is 13.0. The highest BCUT2D eigenvalue weighted by molar-refractivity contribution is 6.19. The van der Waals surface area contributed by atoms with Crippen molar-refractivity contribution in [1.29, 1.82) is 0 Å². The Kier molecular flexibility index (Phi) is 4.56. The van der Waals surface area contributed by atoms with Crippen LogP contribution in [0.25, 0.3) is 44.2 Å². The monoisotopic (exact) mass is 392 g/mol. The molecule has 5 aromatic rings. The summed E-state index contributed by atoms with van der Waals surface area (Å²) >= 11 is 0. The van der Waals surface area contributed by atoms with Crippen molar-refractivity contribution in [2.45, 2.75) is 6.92 Å². The highest BCUT2D eigenvalue weighted by Gasteiger charge is 2.24. The first-order valence-electron chi connectivity index (χ1n) is 10.0. The largest absolute Gasteiger partial charge is 0.462 e. The maximum absolute atomic E-state index is 13.0. The van der Waals surface area contributed by atoms with E-state index >= 15 is 0 Å². The lowest BCUT2D eigenvalue weighted by molar-refractivity contribution is 0.0527. The number of hydrogen-bond donors (Lipinski definition) is 0. The Bertz CT molecular complexity index is 1350. The van der Waals surface area contributed by atoms with Gasteiger partial charge in [-0.3, -0.25) is 0 Å². The lowest BCUT2D eigenvalue weighted by atomic mass is 9.87. The van der Waals surface area contributed by atoms with Gasteiger partial charge in [-0.05, 0) is 30.2 Å². The third-order valence-electron chi connectivity index (χ3n) is 5.29. The van der Waals surface area contributed by atoms with Gasteiger partial charge in [0.05, 0.1) is 12.2 Å². The van der Waals surface area contributed by atoms with E-state index in [1.807, 2.05) is 79.7 Å². The fourth-order valence-corrected chi connectivity index (χ4v) is 4.05. The van der Waals surface area contributed by atoms with Crippen molar-refractivity contribution < 1.29 is 13.9 Å². The van der Waals surface area contributed by atoms with Crippen LogP contribution < -0.4 is 0 Å². The number of fused-ring (bicyclic) bond motifs is 3. The Morgan fingerprint density at radius 3 is 2.03 bits per heavy atom. The molecule has 0 amide bonds. The normalized spacial score (nSPS) is 11.1. The zero-order valence-corrected chi connectivity index (χ0v) is 16.6. The van der Waals surface area contributed by atoms with Gasteiger partial charge in [-0.2, -0.15) is 0 Å². The summed E-state index contributed by atoms with van der Waals surface area (Å²) in [4.78, 5) is 13.0.